The van der Waals surface area contributed by atoms with Gasteiger partial charge in [-0.25, -0.2) is 0 Å². The van der Waals surface area contributed by atoms with Crippen LogP contribution in [-0.2, 0) is 9.47 Å². The number of rotatable bonds is 4. The Morgan fingerprint density at radius 1 is 0.667 bits per heavy atom. The van der Waals surface area contributed by atoms with Gasteiger partial charge in [0.05, 0.1) is 13.2 Å². The summed E-state index contributed by atoms with van der Waals surface area (Å²) in [7, 11) is 0. The molecular weight excluding hydrogens is 300 g/mol. The van der Waals surface area contributed by atoms with Gasteiger partial charge in [0.1, 0.15) is 0 Å². The first-order valence-corrected chi connectivity index (χ1v) is 10.4. The summed E-state index contributed by atoms with van der Waals surface area (Å²) >= 11 is 0. The molecule has 0 aromatic carbocycles. The Balaban J connectivity index is 1.55. The van der Waals surface area contributed by atoms with E-state index < -0.39 is 0 Å². The Labute approximate surface area is 148 Å². The molecule has 0 aromatic heterocycles. The van der Waals surface area contributed by atoms with Crippen LogP contribution in [0.3, 0.4) is 0 Å². The smallest absolute Gasteiger partial charge is 0.168 e. The summed E-state index contributed by atoms with van der Waals surface area (Å²) in [4.78, 5) is 0. The highest BCUT2D eigenvalue weighted by Crippen LogP contribution is 2.56. The standard InChI is InChI=1S/C21H38O3/c1-4-18(5-2)16-23-21(24-17-18)13-11-20(12-14-21)9-7-19(6-3,15-22)8-10-20/h22H,4-17H2,1-3H3. The summed E-state index contributed by atoms with van der Waals surface area (Å²) in [5.74, 6) is -0.282. The van der Waals surface area contributed by atoms with Gasteiger partial charge >= 0.3 is 0 Å². The molecule has 0 atom stereocenters. The van der Waals surface area contributed by atoms with Crippen molar-refractivity contribution in [3.05, 3.63) is 0 Å². The monoisotopic (exact) mass is 338 g/mol. The van der Waals surface area contributed by atoms with Gasteiger partial charge in [0, 0.05) is 24.9 Å². The first-order chi connectivity index (χ1) is 11.5. The number of hydrogen-bond acceptors (Lipinski definition) is 3. The lowest BCUT2D eigenvalue weighted by Gasteiger charge is -2.54. The molecule has 0 aromatic rings. The SMILES string of the molecule is CCC1(CO)CCC2(CC1)CCC1(CC2)OCC(CC)(CC)CO1. The van der Waals surface area contributed by atoms with Crippen molar-refractivity contribution >= 4 is 0 Å². The molecule has 0 radical (unpaired) electrons. The lowest BCUT2D eigenvalue weighted by atomic mass is 9.57. The highest BCUT2D eigenvalue weighted by atomic mass is 16.7. The fourth-order valence-electron chi connectivity index (χ4n) is 5.19. The normalized spacial score (nSPS) is 30.5. The van der Waals surface area contributed by atoms with Crippen molar-refractivity contribution in [2.75, 3.05) is 19.8 Å². The maximum Gasteiger partial charge on any atom is 0.168 e. The van der Waals surface area contributed by atoms with E-state index in [0.29, 0.717) is 12.0 Å². The van der Waals surface area contributed by atoms with Crippen LogP contribution in [0.4, 0.5) is 0 Å². The summed E-state index contributed by atoms with van der Waals surface area (Å²) in [5.41, 5.74) is 0.947. The third-order valence-electron chi connectivity index (χ3n) is 8.31. The summed E-state index contributed by atoms with van der Waals surface area (Å²) in [5, 5.41) is 9.78. The molecule has 2 spiro atoms. The number of hydrogen-bond donors (Lipinski definition) is 1. The van der Waals surface area contributed by atoms with Crippen LogP contribution in [0.2, 0.25) is 0 Å². The molecule has 0 amide bonds. The van der Waals surface area contributed by atoms with Gasteiger partial charge in [-0.05, 0) is 68.6 Å². The molecule has 3 aliphatic rings. The van der Waals surface area contributed by atoms with Gasteiger partial charge in [-0.1, -0.05) is 20.8 Å². The van der Waals surface area contributed by atoms with Gasteiger partial charge in [-0.3, -0.25) is 0 Å². The third-order valence-corrected chi connectivity index (χ3v) is 8.31. The third kappa shape index (κ3) is 3.29. The second-order valence-electron chi connectivity index (χ2n) is 9.21. The molecule has 1 saturated heterocycles. The molecular formula is C21H38O3. The minimum atomic E-state index is -0.282. The molecule has 3 nitrogen and oxygen atoms in total. The molecule has 0 bridgehead atoms. The van der Waals surface area contributed by atoms with Gasteiger partial charge < -0.3 is 14.6 Å². The van der Waals surface area contributed by atoms with Crippen LogP contribution < -0.4 is 0 Å². The van der Waals surface area contributed by atoms with Crippen molar-refractivity contribution in [3.8, 4) is 0 Å². The molecule has 3 rings (SSSR count). The van der Waals surface area contributed by atoms with E-state index in [1.165, 1.54) is 38.5 Å². The molecule has 1 aliphatic heterocycles. The predicted octanol–water partition coefficient (Wildman–Crippen LogP) is 5.06. The fourth-order valence-corrected chi connectivity index (χ4v) is 5.19. The largest absolute Gasteiger partial charge is 0.396 e. The van der Waals surface area contributed by atoms with Crippen LogP contribution in [0, 0.1) is 16.2 Å². The Morgan fingerprint density at radius 2 is 1.12 bits per heavy atom. The summed E-state index contributed by atoms with van der Waals surface area (Å²) in [6, 6.07) is 0. The maximum absolute atomic E-state index is 9.78. The van der Waals surface area contributed by atoms with E-state index in [2.05, 4.69) is 20.8 Å². The van der Waals surface area contributed by atoms with Crippen molar-refractivity contribution in [2.45, 2.75) is 97.2 Å². The molecule has 2 saturated carbocycles. The second-order valence-corrected chi connectivity index (χ2v) is 9.21. The van der Waals surface area contributed by atoms with Crippen molar-refractivity contribution < 1.29 is 14.6 Å². The molecule has 1 heterocycles. The highest BCUT2D eigenvalue weighted by Gasteiger charge is 2.50. The van der Waals surface area contributed by atoms with E-state index in [1.807, 2.05) is 0 Å². The lowest BCUT2D eigenvalue weighted by Crippen LogP contribution is -2.52. The molecule has 1 N–H and O–H groups in total. The summed E-state index contributed by atoms with van der Waals surface area (Å²) in [6.45, 7) is 8.86. The van der Waals surface area contributed by atoms with Crippen LogP contribution in [0.5, 0.6) is 0 Å². The first-order valence-electron chi connectivity index (χ1n) is 10.4. The summed E-state index contributed by atoms with van der Waals surface area (Å²) in [6.07, 6.45) is 13.0. The van der Waals surface area contributed by atoms with Gasteiger partial charge in [-0.15, -0.1) is 0 Å². The van der Waals surface area contributed by atoms with Gasteiger partial charge in [0.15, 0.2) is 5.79 Å². The minimum absolute atomic E-state index is 0.208. The quantitative estimate of drug-likeness (QED) is 0.779. The number of aliphatic hydroxyl groups excluding tert-OH is 1. The topological polar surface area (TPSA) is 38.7 Å². The number of ether oxygens (including phenoxy) is 2. The van der Waals surface area contributed by atoms with E-state index in [-0.39, 0.29) is 16.6 Å². The fraction of sp³-hybridized carbons (Fsp3) is 1.00. The average Bonchev–Trinajstić information content (AvgIpc) is 2.67. The Hall–Kier alpha value is -0.120. The lowest BCUT2D eigenvalue weighted by molar-refractivity contribution is -0.323. The van der Waals surface area contributed by atoms with Gasteiger partial charge in [0.25, 0.3) is 0 Å². The van der Waals surface area contributed by atoms with Crippen LogP contribution in [0.1, 0.15) is 91.4 Å². The Morgan fingerprint density at radius 3 is 1.54 bits per heavy atom. The van der Waals surface area contributed by atoms with E-state index >= 15 is 0 Å². The van der Waals surface area contributed by atoms with Crippen molar-refractivity contribution in [2.24, 2.45) is 16.2 Å². The minimum Gasteiger partial charge on any atom is -0.396 e. The Kier molecular flexibility index (Phi) is 5.36. The summed E-state index contributed by atoms with van der Waals surface area (Å²) < 4.78 is 12.7. The first kappa shape index (κ1) is 18.7. The zero-order valence-electron chi connectivity index (χ0n) is 16.2. The van der Waals surface area contributed by atoms with Gasteiger partial charge in [-0.2, -0.15) is 0 Å². The van der Waals surface area contributed by atoms with Crippen molar-refractivity contribution in [3.63, 3.8) is 0 Å². The maximum atomic E-state index is 9.78. The van der Waals surface area contributed by atoms with E-state index in [0.717, 1.165) is 45.3 Å². The molecule has 140 valence electrons. The van der Waals surface area contributed by atoms with E-state index in [1.54, 1.807) is 0 Å². The zero-order chi connectivity index (χ0) is 17.3. The Bertz CT molecular complexity index is 351. The van der Waals surface area contributed by atoms with Crippen LogP contribution in [-0.4, -0.2) is 30.7 Å². The molecule has 3 fully saturated rings. The highest BCUT2D eigenvalue weighted by molar-refractivity contribution is 4.98. The van der Waals surface area contributed by atoms with Crippen LogP contribution in [0.25, 0.3) is 0 Å². The predicted molar refractivity (Wildman–Crippen MR) is 96.8 cm³/mol. The number of aliphatic hydroxyl groups is 1. The van der Waals surface area contributed by atoms with Crippen LogP contribution in [0.15, 0.2) is 0 Å². The molecule has 0 unspecified atom stereocenters. The van der Waals surface area contributed by atoms with Crippen molar-refractivity contribution in [1.29, 1.82) is 0 Å². The van der Waals surface area contributed by atoms with E-state index in [9.17, 15) is 5.11 Å². The van der Waals surface area contributed by atoms with Crippen LogP contribution >= 0.6 is 0 Å². The zero-order valence-corrected chi connectivity index (χ0v) is 16.2. The molecule has 3 heteroatoms. The average molecular weight is 339 g/mol. The van der Waals surface area contributed by atoms with E-state index in [4.69, 9.17) is 9.47 Å². The van der Waals surface area contributed by atoms with Gasteiger partial charge in [0.2, 0.25) is 0 Å². The molecule has 2 aliphatic carbocycles. The molecule has 24 heavy (non-hydrogen) atoms. The second kappa shape index (κ2) is 6.89. The van der Waals surface area contributed by atoms with Crippen molar-refractivity contribution in [1.82, 2.24) is 0 Å².